The van der Waals surface area contributed by atoms with Crippen LogP contribution in [-0.4, -0.2) is 24.3 Å². The Labute approximate surface area is 116 Å². The Morgan fingerprint density at radius 3 is 2.65 bits per heavy atom. The van der Waals surface area contributed by atoms with Gasteiger partial charge in [0.2, 0.25) is 0 Å². The van der Waals surface area contributed by atoms with Crippen molar-refractivity contribution in [2.75, 3.05) is 7.11 Å². The quantitative estimate of drug-likeness (QED) is 0.616. The molecular weight excluding hydrogens is 258 g/mol. The minimum atomic E-state index is -0.613. The van der Waals surface area contributed by atoms with E-state index in [4.69, 9.17) is 4.74 Å². The van der Waals surface area contributed by atoms with Crippen molar-refractivity contribution in [2.45, 2.75) is 6.61 Å². The Hall–Kier alpha value is -2.69. The molecule has 0 radical (unpaired) electrons. The lowest BCUT2D eigenvalue weighted by atomic mass is 10.2. The van der Waals surface area contributed by atoms with Gasteiger partial charge >= 0.3 is 5.97 Å². The van der Waals surface area contributed by atoms with E-state index < -0.39 is 5.97 Å². The summed E-state index contributed by atoms with van der Waals surface area (Å²) in [5.41, 5.74) is 1.15. The Morgan fingerprint density at radius 2 is 2.00 bits per heavy atom. The highest BCUT2D eigenvalue weighted by Gasteiger charge is 2.11. The smallest absolute Gasteiger partial charge is 0.356 e. The molecule has 0 amide bonds. The van der Waals surface area contributed by atoms with Gasteiger partial charge in [-0.05, 0) is 5.56 Å². The van der Waals surface area contributed by atoms with Gasteiger partial charge in [0.15, 0.2) is 12.0 Å². The summed E-state index contributed by atoms with van der Waals surface area (Å²) in [6.45, 7) is 0.337. The molecule has 0 atom stereocenters. The molecule has 5 nitrogen and oxygen atoms in total. The molecule has 0 saturated heterocycles. The first-order valence-corrected chi connectivity index (χ1v) is 5.95. The molecule has 20 heavy (non-hydrogen) atoms. The van der Waals surface area contributed by atoms with Gasteiger partial charge in [-0.2, -0.15) is 0 Å². The van der Waals surface area contributed by atoms with Gasteiger partial charge in [-0.25, -0.2) is 9.78 Å². The molecule has 5 heteroatoms. The minimum absolute atomic E-state index is 0.0418. The number of benzene rings is 1. The normalized spacial score (nSPS) is 9.85. The van der Waals surface area contributed by atoms with Crippen LogP contribution >= 0.6 is 0 Å². The van der Waals surface area contributed by atoms with Crippen LogP contribution in [0.15, 0.2) is 42.5 Å². The van der Waals surface area contributed by atoms with Crippen LogP contribution in [0.4, 0.5) is 0 Å². The van der Waals surface area contributed by atoms with E-state index >= 15 is 0 Å². The third-order valence-corrected chi connectivity index (χ3v) is 2.58. The van der Waals surface area contributed by atoms with Crippen LogP contribution in [0.5, 0.6) is 5.75 Å². The SMILES string of the molecule is COC(=O)c1cc(OCc2ccccc2)cc(C=O)n1. The van der Waals surface area contributed by atoms with Crippen LogP contribution < -0.4 is 4.74 Å². The topological polar surface area (TPSA) is 65.5 Å². The molecule has 0 aliphatic carbocycles. The van der Waals surface area contributed by atoms with Crippen molar-refractivity contribution in [1.82, 2.24) is 4.98 Å². The van der Waals surface area contributed by atoms with E-state index in [9.17, 15) is 9.59 Å². The molecule has 0 unspecified atom stereocenters. The first-order valence-electron chi connectivity index (χ1n) is 5.95. The molecule has 1 aromatic heterocycles. The number of nitrogens with zero attached hydrogens (tertiary/aromatic N) is 1. The number of pyridine rings is 1. The summed E-state index contributed by atoms with van der Waals surface area (Å²) in [6, 6.07) is 12.5. The second-order valence-corrected chi connectivity index (χ2v) is 4.00. The molecule has 0 N–H and O–H groups in total. The number of rotatable bonds is 5. The molecule has 2 aromatic rings. The number of hydrogen-bond acceptors (Lipinski definition) is 5. The number of aldehydes is 1. The number of hydrogen-bond donors (Lipinski definition) is 0. The van der Waals surface area contributed by atoms with Crippen molar-refractivity contribution in [1.29, 1.82) is 0 Å². The fraction of sp³-hybridized carbons (Fsp3) is 0.133. The fourth-order valence-electron chi connectivity index (χ4n) is 1.62. The summed E-state index contributed by atoms with van der Waals surface area (Å²) >= 11 is 0. The zero-order chi connectivity index (χ0) is 14.4. The van der Waals surface area contributed by atoms with Gasteiger partial charge in [0, 0.05) is 12.1 Å². The first kappa shape index (κ1) is 13.7. The van der Waals surface area contributed by atoms with Gasteiger partial charge in [-0.15, -0.1) is 0 Å². The summed E-state index contributed by atoms with van der Waals surface area (Å²) < 4.78 is 10.1. The van der Waals surface area contributed by atoms with Gasteiger partial charge in [0.25, 0.3) is 0 Å². The van der Waals surface area contributed by atoms with Gasteiger partial charge in [-0.1, -0.05) is 30.3 Å². The zero-order valence-electron chi connectivity index (χ0n) is 10.9. The number of carbonyl (C=O) groups excluding carboxylic acids is 2. The summed E-state index contributed by atoms with van der Waals surface area (Å²) in [6.07, 6.45) is 0.557. The lowest BCUT2D eigenvalue weighted by Crippen LogP contribution is -2.07. The highest BCUT2D eigenvalue weighted by molar-refractivity contribution is 5.88. The largest absolute Gasteiger partial charge is 0.489 e. The third-order valence-electron chi connectivity index (χ3n) is 2.58. The fourth-order valence-corrected chi connectivity index (χ4v) is 1.62. The summed E-state index contributed by atoms with van der Waals surface area (Å²) in [5.74, 6) is -0.218. The molecule has 0 aliphatic heterocycles. The highest BCUT2D eigenvalue weighted by atomic mass is 16.5. The molecule has 0 aliphatic rings. The minimum Gasteiger partial charge on any atom is -0.489 e. The summed E-state index contributed by atoms with van der Waals surface area (Å²) in [5, 5.41) is 0. The summed E-state index contributed by atoms with van der Waals surface area (Å²) in [7, 11) is 1.25. The van der Waals surface area contributed by atoms with Crippen molar-refractivity contribution >= 4 is 12.3 Å². The molecule has 2 rings (SSSR count). The molecule has 0 fully saturated rings. The molecule has 0 spiro atoms. The lowest BCUT2D eigenvalue weighted by molar-refractivity contribution is 0.0593. The summed E-state index contributed by atoms with van der Waals surface area (Å²) in [4.78, 5) is 26.1. The van der Waals surface area contributed by atoms with Crippen LogP contribution in [0.2, 0.25) is 0 Å². The Bertz CT molecular complexity index is 611. The van der Waals surface area contributed by atoms with Crippen molar-refractivity contribution in [3.05, 3.63) is 59.4 Å². The molecule has 0 saturated carbocycles. The number of esters is 1. The van der Waals surface area contributed by atoms with E-state index in [0.29, 0.717) is 18.6 Å². The van der Waals surface area contributed by atoms with Crippen molar-refractivity contribution in [3.8, 4) is 5.75 Å². The van der Waals surface area contributed by atoms with E-state index in [1.807, 2.05) is 30.3 Å². The molecule has 1 aromatic carbocycles. The van der Waals surface area contributed by atoms with Crippen LogP contribution in [-0.2, 0) is 11.3 Å². The van der Waals surface area contributed by atoms with Crippen molar-refractivity contribution in [3.63, 3.8) is 0 Å². The molecule has 102 valence electrons. The third kappa shape index (κ3) is 3.41. The van der Waals surface area contributed by atoms with Crippen LogP contribution in [0.3, 0.4) is 0 Å². The number of methoxy groups -OCH3 is 1. The molecular formula is C15H13NO4. The van der Waals surface area contributed by atoms with Crippen LogP contribution in [0.1, 0.15) is 26.5 Å². The Morgan fingerprint density at radius 1 is 1.25 bits per heavy atom. The Balaban J connectivity index is 2.18. The second kappa shape index (κ2) is 6.47. The first-order chi connectivity index (χ1) is 9.72. The second-order valence-electron chi connectivity index (χ2n) is 4.00. The lowest BCUT2D eigenvalue weighted by Gasteiger charge is -2.08. The highest BCUT2D eigenvalue weighted by Crippen LogP contribution is 2.16. The maximum absolute atomic E-state index is 11.5. The maximum Gasteiger partial charge on any atom is 0.356 e. The van der Waals surface area contributed by atoms with E-state index in [1.54, 1.807) is 0 Å². The van der Waals surface area contributed by atoms with Crippen LogP contribution in [0.25, 0.3) is 0 Å². The van der Waals surface area contributed by atoms with E-state index in [2.05, 4.69) is 9.72 Å². The van der Waals surface area contributed by atoms with E-state index in [0.717, 1.165) is 5.56 Å². The van der Waals surface area contributed by atoms with Gasteiger partial charge < -0.3 is 9.47 Å². The van der Waals surface area contributed by atoms with Gasteiger partial charge in [-0.3, -0.25) is 4.79 Å². The van der Waals surface area contributed by atoms with Crippen LogP contribution in [0, 0.1) is 0 Å². The molecule has 1 heterocycles. The van der Waals surface area contributed by atoms with Crippen molar-refractivity contribution in [2.24, 2.45) is 0 Å². The monoisotopic (exact) mass is 271 g/mol. The predicted molar refractivity (Wildman–Crippen MR) is 71.7 cm³/mol. The number of ether oxygens (including phenoxy) is 2. The number of aromatic nitrogens is 1. The number of carbonyl (C=O) groups is 2. The maximum atomic E-state index is 11.5. The average Bonchev–Trinajstić information content (AvgIpc) is 2.52. The standard InChI is InChI=1S/C15H13NO4/c1-19-15(18)14-8-13(7-12(9-17)16-14)20-10-11-5-3-2-4-6-11/h2-9H,10H2,1H3. The van der Waals surface area contributed by atoms with Gasteiger partial charge in [0.05, 0.1) is 7.11 Å². The Kier molecular flexibility index (Phi) is 4.44. The predicted octanol–water partition coefficient (Wildman–Crippen LogP) is 2.26. The van der Waals surface area contributed by atoms with Gasteiger partial charge in [0.1, 0.15) is 18.1 Å². The molecule has 0 bridgehead atoms. The van der Waals surface area contributed by atoms with E-state index in [1.165, 1.54) is 19.2 Å². The van der Waals surface area contributed by atoms with E-state index in [-0.39, 0.29) is 11.4 Å². The average molecular weight is 271 g/mol. The zero-order valence-corrected chi connectivity index (χ0v) is 10.9. The van der Waals surface area contributed by atoms with Crippen molar-refractivity contribution < 1.29 is 19.1 Å².